The maximum atomic E-state index is 13.5. The van der Waals surface area contributed by atoms with Crippen molar-refractivity contribution in [1.29, 1.82) is 0 Å². The van der Waals surface area contributed by atoms with E-state index in [1.165, 1.54) is 5.56 Å². The number of anilines is 1. The Morgan fingerprint density at radius 3 is 2.38 bits per heavy atom. The minimum atomic E-state index is -0.822. The first-order valence-electron chi connectivity index (χ1n) is 13.8. The number of piperazine rings is 1. The van der Waals surface area contributed by atoms with Crippen molar-refractivity contribution in [2.45, 2.75) is 51.6 Å². The molecule has 1 aromatic heterocycles. The number of hydrogen-bond acceptors (Lipinski definition) is 6. The van der Waals surface area contributed by atoms with E-state index >= 15 is 0 Å². The highest BCUT2D eigenvalue weighted by atomic mass is 19.1. The van der Waals surface area contributed by atoms with Crippen LogP contribution in [-0.2, 0) is 22.4 Å². The van der Waals surface area contributed by atoms with Crippen molar-refractivity contribution in [3.63, 3.8) is 0 Å². The molecule has 0 bridgehead atoms. The first-order valence-corrected chi connectivity index (χ1v) is 13.8. The van der Waals surface area contributed by atoms with E-state index in [-0.39, 0.29) is 23.8 Å². The maximum Gasteiger partial charge on any atom is 0.248 e. The normalized spacial score (nSPS) is 15.9. The highest BCUT2D eigenvalue weighted by Crippen LogP contribution is 2.24. The van der Waals surface area contributed by atoms with Crippen LogP contribution >= 0.6 is 0 Å². The first kappa shape index (κ1) is 29.4. The largest absolute Gasteiger partial charge is 0.358 e. The molecule has 0 spiro atoms. The maximum absolute atomic E-state index is 13.5. The van der Waals surface area contributed by atoms with Crippen LogP contribution in [0.25, 0.3) is 0 Å². The molecule has 10 heteroatoms. The molecule has 1 aliphatic heterocycles. The molecule has 40 heavy (non-hydrogen) atoms. The van der Waals surface area contributed by atoms with Crippen molar-refractivity contribution in [1.82, 2.24) is 20.3 Å². The number of aromatic nitrogens is 1. The number of nitrogens with zero attached hydrogens (tertiary/aromatic N) is 3. The van der Waals surface area contributed by atoms with Crippen LogP contribution < -0.4 is 10.6 Å². The van der Waals surface area contributed by atoms with Gasteiger partial charge in [0, 0.05) is 44.9 Å². The summed E-state index contributed by atoms with van der Waals surface area (Å²) in [6, 6.07) is 14.3. The summed E-state index contributed by atoms with van der Waals surface area (Å²) >= 11 is 0. The van der Waals surface area contributed by atoms with Crippen LogP contribution in [0.4, 0.5) is 14.6 Å². The van der Waals surface area contributed by atoms with E-state index in [1.54, 1.807) is 6.07 Å². The number of rotatable bonds is 12. The van der Waals surface area contributed by atoms with Gasteiger partial charge in [-0.15, -0.1) is 0 Å². The van der Waals surface area contributed by atoms with Crippen LogP contribution in [0.15, 0.2) is 59.1 Å². The quantitative estimate of drug-likeness (QED) is 0.347. The number of nitrogens with one attached hydrogen (secondary N) is 2. The molecule has 2 heterocycles. The Hall–Kier alpha value is -3.63. The summed E-state index contributed by atoms with van der Waals surface area (Å²) in [7, 11) is 0. The molecular weight excluding hydrogens is 516 g/mol. The summed E-state index contributed by atoms with van der Waals surface area (Å²) in [5.41, 5.74) is 1.54. The Balaban J connectivity index is 1.26. The zero-order chi connectivity index (χ0) is 28.5. The average molecular weight is 554 g/mol. The second kappa shape index (κ2) is 14.1. The molecule has 2 unspecified atom stereocenters. The molecule has 3 aromatic rings. The van der Waals surface area contributed by atoms with E-state index in [4.69, 9.17) is 4.52 Å². The molecule has 1 saturated heterocycles. The second-order valence-corrected chi connectivity index (χ2v) is 10.3. The van der Waals surface area contributed by atoms with Gasteiger partial charge in [0.05, 0.1) is 12.5 Å². The molecule has 1 fully saturated rings. The number of benzene rings is 2. The molecule has 8 nitrogen and oxygen atoms in total. The summed E-state index contributed by atoms with van der Waals surface area (Å²) in [5, 5.41) is 9.41. The van der Waals surface area contributed by atoms with E-state index in [2.05, 4.69) is 56.8 Å². The third-order valence-corrected chi connectivity index (χ3v) is 7.22. The molecule has 2 amide bonds. The van der Waals surface area contributed by atoms with Crippen molar-refractivity contribution in [3.05, 3.63) is 83.1 Å². The van der Waals surface area contributed by atoms with E-state index in [1.807, 2.05) is 13.0 Å². The Kier molecular flexibility index (Phi) is 10.4. The number of amides is 2. The van der Waals surface area contributed by atoms with Gasteiger partial charge in [0.25, 0.3) is 0 Å². The van der Waals surface area contributed by atoms with Crippen molar-refractivity contribution < 1.29 is 22.9 Å². The molecule has 214 valence electrons. The predicted octanol–water partition coefficient (Wildman–Crippen LogP) is 4.34. The smallest absolute Gasteiger partial charge is 0.248 e. The van der Waals surface area contributed by atoms with Crippen LogP contribution in [0.3, 0.4) is 0 Å². The van der Waals surface area contributed by atoms with Gasteiger partial charge in [-0.3, -0.25) is 14.5 Å². The monoisotopic (exact) mass is 553 g/mol. The summed E-state index contributed by atoms with van der Waals surface area (Å²) in [5.74, 6) is -1.53. The van der Waals surface area contributed by atoms with Gasteiger partial charge in [-0.05, 0) is 43.0 Å². The van der Waals surface area contributed by atoms with Gasteiger partial charge in [-0.25, -0.2) is 8.78 Å². The Labute approximate surface area is 233 Å². The highest BCUT2D eigenvalue weighted by molar-refractivity contribution is 5.96. The minimum Gasteiger partial charge on any atom is -0.358 e. The Bertz CT molecular complexity index is 1240. The van der Waals surface area contributed by atoms with Crippen LogP contribution in [0, 0.1) is 11.6 Å². The van der Waals surface area contributed by atoms with Crippen molar-refractivity contribution in [2.75, 3.05) is 38.0 Å². The van der Waals surface area contributed by atoms with Gasteiger partial charge < -0.3 is 20.1 Å². The van der Waals surface area contributed by atoms with Crippen molar-refractivity contribution in [3.8, 4) is 0 Å². The number of carbonyl (C=O) groups excluding carboxylic acids is 2. The van der Waals surface area contributed by atoms with Gasteiger partial charge >= 0.3 is 0 Å². The Morgan fingerprint density at radius 1 is 1.00 bits per heavy atom. The Morgan fingerprint density at radius 2 is 1.70 bits per heavy atom. The van der Waals surface area contributed by atoms with Gasteiger partial charge in [0.15, 0.2) is 11.6 Å². The fourth-order valence-corrected chi connectivity index (χ4v) is 4.95. The van der Waals surface area contributed by atoms with Gasteiger partial charge in [-0.1, -0.05) is 48.8 Å². The molecule has 0 saturated carbocycles. The van der Waals surface area contributed by atoms with Gasteiger partial charge in [0.2, 0.25) is 11.8 Å². The SMILES string of the molecule is CCCC(NC(=O)Cc1cc(F)cc(F)c1)C(=O)Nc1cc(C(C)N2CCN(CCc3ccccc3)CC2)on1. The lowest BCUT2D eigenvalue weighted by molar-refractivity contribution is -0.126. The van der Waals surface area contributed by atoms with Crippen molar-refractivity contribution in [2.24, 2.45) is 0 Å². The van der Waals surface area contributed by atoms with Crippen LogP contribution in [-0.4, -0.2) is 65.5 Å². The van der Waals surface area contributed by atoms with E-state index < -0.39 is 29.5 Å². The lowest BCUT2D eigenvalue weighted by Crippen LogP contribution is -2.47. The second-order valence-electron chi connectivity index (χ2n) is 10.3. The average Bonchev–Trinajstić information content (AvgIpc) is 3.40. The number of hydrogen-bond donors (Lipinski definition) is 2. The molecule has 2 aromatic carbocycles. The molecule has 0 radical (unpaired) electrons. The molecular formula is C30H37F2N5O3. The van der Waals surface area contributed by atoms with Crippen molar-refractivity contribution >= 4 is 17.6 Å². The topological polar surface area (TPSA) is 90.7 Å². The summed E-state index contributed by atoms with van der Waals surface area (Å²) < 4.78 is 32.5. The fourth-order valence-electron chi connectivity index (χ4n) is 4.95. The predicted molar refractivity (Wildman–Crippen MR) is 149 cm³/mol. The number of carbonyl (C=O) groups is 2. The number of halogens is 2. The lowest BCUT2D eigenvalue weighted by atomic mass is 10.1. The van der Waals surface area contributed by atoms with Crippen LogP contribution in [0.1, 0.15) is 49.6 Å². The third kappa shape index (κ3) is 8.43. The molecule has 2 N–H and O–H groups in total. The van der Waals surface area contributed by atoms with Gasteiger partial charge in [-0.2, -0.15) is 0 Å². The van der Waals surface area contributed by atoms with Crippen LogP contribution in [0.5, 0.6) is 0 Å². The van der Waals surface area contributed by atoms with E-state index in [0.717, 1.165) is 57.3 Å². The van der Waals surface area contributed by atoms with Crippen LogP contribution in [0.2, 0.25) is 0 Å². The van der Waals surface area contributed by atoms with E-state index in [9.17, 15) is 18.4 Å². The molecule has 0 aliphatic carbocycles. The lowest BCUT2D eigenvalue weighted by Gasteiger charge is -2.37. The third-order valence-electron chi connectivity index (χ3n) is 7.22. The summed E-state index contributed by atoms with van der Waals surface area (Å²) in [4.78, 5) is 30.2. The first-order chi connectivity index (χ1) is 19.3. The zero-order valence-corrected chi connectivity index (χ0v) is 23.0. The van der Waals surface area contributed by atoms with Gasteiger partial charge in [0.1, 0.15) is 17.7 Å². The standard InChI is InChI=1S/C30H37F2N5O3/c1-3-7-26(33-29(38)18-23-16-24(31)19-25(32)17-23)30(39)34-28-20-27(40-35-28)21(2)37-14-12-36(13-15-37)11-10-22-8-5-4-6-9-22/h4-6,8-9,16-17,19-21,26H,3,7,10-15,18H2,1-2H3,(H,33,38)(H,34,35,39). The minimum absolute atomic E-state index is 0.00719. The fraction of sp³-hybridized carbons (Fsp3) is 0.433. The molecule has 1 aliphatic rings. The zero-order valence-electron chi connectivity index (χ0n) is 23.0. The summed E-state index contributed by atoms with van der Waals surface area (Å²) in [6.07, 6.45) is 1.83. The molecule has 2 atom stereocenters. The summed E-state index contributed by atoms with van der Waals surface area (Å²) in [6.45, 7) is 8.72. The molecule has 4 rings (SSSR count). The van der Waals surface area contributed by atoms with E-state index in [0.29, 0.717) is 18.6 Å². The highest BCUT2D eigenvalue weighted by Gasteiger charge is 2.26.